The van der Waals surface area contributed by atoms with E-state index in [1.807, 2.05) is 16.8 Å². The molecule has 8 heteroatoms. The largest absolute Gasteiger partial charge is 0.384 e. The number of rotatable bonds is 6. The molecule has 1 aliphatic rings. The maximum Gasteiger partial charge on any atom is 0.123 e. The molecule has 3 aromatic heterocycles. The fourth-order valence-electron chi connectivity index (χ4n) is 4.49. The summed E-state index contributed by atoms with van der Waals surface area (Å²) in [6.45, 7) is 6.52. The summed E-state index contributed by atoms with van der Waals surface area (Å²) in [5.74, 6) is 0.571. The van der Waals surface area contributed by atoms with Crippen LogP contribution in [0.4, 0.5) is 11.5 Å². The molecule has 0 aliphatic carbocycles. The van der Waals surface area contributed by atoms with Crippen LogP contribution < -0.4 is 10.6 Å². The number of aryl methyl sites for hydroxylation is 1. The van der Waals surface area contributed by atoms with Crippen LogP contribution in [0.15, 0.2) is 55.4 Å². The van der Waals surface area contributed by atoms with Crippen LogP contribution >= 0.6 is 0 Å². The molecule has 4 aromatic rings. The molecule has 0 spiro atoms. The van der Waals surface area contributed by atoms with Gasteiger partial charge in [-0.05, 0) is 62.2 Å². The Morgan fingerprint density at radius 2 is 1.94 bits per heavy atom. The van der Waals surface area contributed by atoms with Crippen LogP contribution in [0.2, 0.25) is 0 Å². The first kappa shape index (κ1) is 19.6. The Hall–Kier alpha value is -3.39. The number of pyridine rings is 1. The molecule has 5 rings (SSSR count). The van der Waals surface area contributed by atoms with Crippen molar-refractivity contribution in [1.82, 2.24) is 29.6 Å². The van der Waals surface area contributed by atoms with Crippen molar-refractivity contribution in [3.05, 3.63) is 60.9 Å². The lowest BCUT2D eigenvalue weighted by Gasteiger charge is -2.41. The summed E-state index contributed by atoms with van der Waals surface area (Å²) in [5, 5.41) is 9.10. The van der Waals surface area contributed by atoms with Gasteiger partial charge in [0.05, 0.1) is 11.9 Å². The average molecular weight is 417 g/mol. The van der Waals surface area contributed by atoms with Crippen molar-refractivity contribution in [3.63, 3.8) is 0 Å². The Bertz CT molecular complexity index is 1130. The molecule has 160 valence electrons. The summed E-state index contributed by atoms with van der Waals surface area (Å²) in [7, 11) is 0. The quantitative estimate of drug-likeness (QED) is 0.502. The molecule has 0 saturated carbocycles. The second kappa shape index (κ2) is 8.39. The Morgan fingerprint density at radius 3 is 2.71 bits per heavy atom. The van der Waals surface area contributed by atoms with Crippen molar-refractivity contribution in [1.29, 1.82) is 0 Å². The van der Waals surface area contributed by atoms with E-state index >= 15 is 0 Å². The molecule has 1 atom stereocenters. The van der Waals surface area contributed by atoms with E-state index in [-0.39, 0.29) is 0 Å². The van der Waals surface area contributed by atoms with Gasteiger partial charge >= 0.3 is 0 Å². The summed E-state index contributed by atoms with van der Waals surface area (Å²) in [6.07, 6.45) is 9.68. The number of nitrogens with two attached hydrogens (primary N) is 1. The molecule has 0 bridgehead atoms. The van der Waals surface area contributed by atoms with Gasteiger partial charge in [0, 0.05) is 48.5 Å². The van der Waals surface area contributed by atoms with E-state index in [4.69, 9.17) is 5.73 Å². The van der Waals surface area contributed by atoms with Crippen LogP contribution in [0.25, 0.3) is 16.6 Å². The van der Waals surface area contributed by atoms with Crippen LogP contribution in [-0.4, -0.2) is 61.9 Å². The molecule has 1 unspecified atom stereocenters. The van der Waals surface area contributed by atoms with E-state index in [1.165, 1.54) is 16.5 Å². The number of H-pyrrole nitrogens is 1. The van der Waals surface area contributed by atoms with Crippen molar-refractivity contribution in [2.45, 2.75) is 25.8 Å². The Balaban J connectivity index is 1.19. The summed E-state index contributed by atoms with van der Waals surface area (Å²) in [6, 6.07) is 10.9. The number of aromatic amines is 1. The van der Waals surface area contributed by atoms with Gasteiger partial charge in [0.15, 0.2) is 0 Å². The van der Waals surface area contributed by atoms with Gasteiger partial charge in [-0.3, -0.25) is 9.47 Å². The summed E-state index contributed by atoms with van der Waals surface area (Å²) in [4.78, 5) is 12.6. The molecule has 3 N–H and O–H groups in total. The van der Waals surface area contributed by atoms with Crippen LogP contribution in [0.1, 0.15) is 18.9 Å². The van der Waals surface area contributed by atoms with Crippen molar-refractivity contribution < 1.29 is 0 Å². The van der Waals surface area contributed by atoms with E-state index in [0.717, 1.165) is 50.4 Å². The van der Waals surface area contributed by atoms with Gasteiger partial charge in [-0.1, -0.05) is 0 Å². The SMILES string of the molecule is CC1CN(c2ccc(N)nc2)CCN1CCCc1c[nH]c2ccc(-n3cnnc3)cc12. The number of hydrogen-bond acceptors (Lipinski definition) is 6. The molecule has 0 radical (unpaired) electrons. The second-order valence-electron chi connectivity index (χ2n) is 8.29. The molecular formula is C23H28N8. The fraction of sp³-hybridized carbons (Fsp3) is 0.348. The van der Waals surface area contributed by atoms with Crippen molar-refractivity contribution in [3.8, 4) is 5.69 Å². The third-order valence-corrected chi connectivity index (χ3v) is 6.26. The number of aromatic nitrogens is 5. The normalized spacial score (nSPS) is 17.5. The maximum atomic E-state index is 5.72. The van der Waals surface area contributed by atoms with Crippen LogP contribution in [0, 0.1) is 0 Å². The van der Waals surface area contributed by atoms with E-state index in [2.05, 4.69) is 67.4 Å². The van der Waals surface area contributed by atoms with Gasteiger partial charge in [-0.25, -0.2) is 4.98 Å². The number of nitrogen functional groups attached to an aromatic ring is 1. The zero-order chi connectivity index (χ0) is 21.2. The van der Waals surface area contributed by atoms with E-state index in [1.54, 1.807) is 12.7 Å². The highest BCUT2D eigenvalue weighted by molar-refractivity contribution is 5.85. The minimum absolute atomic E-state index is 0.509. The monoisotopic (exact) mass is 416 g/mol. The van der Waals surface area contributed by atoms with E-state index in [9.17, 15) is 0 Å². The molecular weight excluding hydrogens is 388 g/mol. The number of piperazine rings is 1. The molecule has 4 heterocycles. The van der Waals surface area contributed by atoms with Gasteiger partial charge in [0.25, 0.3) is 0 Å². The maximum absolute atomic E-state index is 5.72. The van der Waals surface area contributed by atoms with Gasteiger partial charge in [0.1, 0.15) is 18.5 Å². The highest BCUT2D eigenvalue weighted by Gasteiger charge is 2.23. The van der Waals surface area contributed by atoms with E-state index in [0.29, 0.717) is 11.9 Å². The molecule has 8 nitrogen and oxygen atoms in total. The lowest BCUT2D eigenvalue weighted by molar-refractivity contribution is 0.187. The molecule has 31 heavy (non-hydrogen) atoms. The van der Waals surface area contributed by atoms with Crippen LogP contribution in [-0.2, 0) is 6.42 Å². The molecule has 1 aliphatic heterocycles. The highest BCUT2D eigenvalue weighted by Crippen LogP contribution is 2.24. The first-order valence-electron chi connectivity index (χ1n) is 10.8. The second-order valence-corrected chi connectivity index (χ2v) is 8.29. The summed E-state index contributed by atoms with van der Waals surface area (Å²) < 4.78 is 1.94. The Labute approximate surface area is 181 Å². The van der Waals surface area contributed by atoms with Crippen molar-refractivity contribution in [2.75, 3.05) is 36.8 Å². The zero-order valence-corrected chi connectivity index (χ0v) is 17.8. The lowest BCUT2D eigenvalue weighted by atomic mass is 10.1. The number of nitrogens with one attached hydrogen (secondary N) is 1. The van der Waals surface area contributed by atoms with Crippen LogP contribution in [0.3, 0.4) is 0 Å². The number of hydrogen-bond donors (Lipinski definition) is 2. The fourth-order valence-corrected chi connectivity index (χ4v) is 4.49. The predicted octanol–water partition coefficient (Wildman–Crippen LogP) is 2.87. The average Bonchev–Trinajstić information content (AvgIpc) is 3.45. The van der Waals surface area contributed by atoms with Gasteiger partial charge in [-0.15, -0.1) is 10.2 Å². The van der Waals surface area contributed by atoms with Crippen LogP contribution in [0.5, 0.6) is 0 Å². The molecule has 1 fully saturated rings. The number of anilines is 2. The third kappa shape index (κ3) is 4.11. The summed E-state index contributed by atoms with van der Waals surface area (Å²) >= 11 is 0. The van der Waals surface area contributed by atoms with Gasteiger partial charge in [0.2, 0.25) is 0 Å². The summed E-state index contributed by atoms with van der Waals surface area (Å²) in [5.41, 5.74) is 10.5. The van der Waals surface area contributed by atoms with Crippen molar-refractivity contribution >= 4 is 22.4 Å². The smallest absolute Gasteiger partial charge is 0.123 e. The molecule has 1 saturated heterocycles. The third-order valence-electron chi connectivity index (χ3n) is 6.26. The first-order chi connectivity index (χ1) is 15.2. The van der Waals surface area contributed by atoms with Crippen molar-refractivity contribution in [2.24, 2.45) is 0 Å². The Kier molecular flexibility index (Phi) is 5.30. The number of benzene rings is 1. The van der Waals surface area contributed by atoms with Gasteiger partial charge in [-0.2, -0.15) is 0 Å². The predicted molar refractivity (Wildman–Crippen MR) is 123 cm³/mol. The highest BCUT2D eigenvalue weighted by atomic mass is 15.3. The lowest BCUT2D eigenvalue weighted by Crippen LogP contribution is -2.52. The van der Waals surface area contributed by atoms with Gasteiger partial charge < -0.3 is 15.6 Å². The number of nitrogens with zero attached hydrogens (tertiary/aromatic N) is 6. The molecule has 0 amide bonds. The van der Waals surface area contributed by atoms with E-state index < -0.39 is 0 Å². The Morgan fingerprint density at radius 1 is 1.10 bits per heavy atom. The topological polar surface area (TPSA) is 91.9 Å². The molecule has 1 aromatic carbocycles. The standard InChI is InChI=1S/C23H28N8/c1-17-14-30(20-5-7-23(24)26-13-20)10-9-29(17)8-2-3-18-12-25-22-6-4-19(11-21(18)22)31-15-27-28-16-31/h4-7,11-13,15-17,25H,2-3,8-10,14H2,1H3,(H2,24,26). The minimum Gasteiger partial charge on any atom is -0.384 e. The number of fused-ring (bicyclic) bond motifs is 1. The minimum atomic E-state index is 0.509. The first-order valence-corrected chi connectivity index (χ1v) is 10.8. The zero-order valence-electron chi connectivity index (χ0n) is 17.8.